The van der Waals surface area contributed by atoms with Crippen LogP contribution in [0.25, 0.3) is 0 Å². The second-order valence-corrected chi connectivity index (χ2v) is 4.45. The van der Waals surface area contributed by atoms with E-state index in [4.69, 9.17) is 10.5 Å². The van der Waals surface area contributed by atoms with Crippen molar-refractivity contribution >= 4 is 0 Å². The lowest BCUT2D eigenvalue weighted by atomic mass is 9.96. The summed E-state index contributed by atoms with van der Waals surface area (Å²) in [6.07, 6.45) is 0.774. The van der Waals surface area contributed by atoms with E-state index in [1.807, 2.05) is 36.4 Å². The highest BCUT2D eigenvalue weighted by molar-refractivity contribution is 5.23. The van der Waals surface area contributed by atoms with Gasteiger partial charge in [0.25, 0.3) is 0 Å². The van der Waals surface area contributed by atoms with Crippen molar-refractivity contribution in [1.82, 2.24) is 0 Å². The van der Waals surface area contributed by atoms with E-state index in [1.165, 1.54) is 6.07 Å². The van der Waals surface area contributed by atoms with Crippen LogP contribution in [0.2, 0.25) is 0 Å². The third-order valence-electron chi connectivity index (χ3n) is 3.03. The molecule has 0 aliphatic carbocycles. The number of nitrogens with two attached hydrogens (primary N) is 1. The SMILES string of the molecule is NCCC(COc1ccccc1)c1cccc(F)c1. The van der Waals surface area contributed by atoms with Crippen LogP contribution in [0.3, 0.4) is 0 Å². The van der Waals surface area contributed by atoms with Crippen LogP contribution in [-0.4, -0.2) is 13.2 Å². The summed E-state index contributed by atoms with van der Waals surface area (Å²) in [6, 6.07) is 16.2. The van der Waals surface area contributed by atoms with Crippen molar-refractivity contribution in [3.05, 3.63) is 66.0 Å². The number of para-hydroxylation sites is 1. The van der Waals surface area contributed by atoms with Gasteiger partial charge in [-0.1, -0.05) is 30.3 Å². The van der Waals surface area contributed by atoms with E-state index in [2.05, 4.69) is 0 Å². The minimum Gasteiger partial charge on any atom is -0.493 e. The number of halogens is 1. The molecule has 0 aliphatic heterocycles. The average molecular weight is 259 g/mol. The summed E-state index contributed by atoms with van der Waals surface area (Å²) in [4.78, 5) is 0. The Hall–Kier alpha value is -1.87. The van der Waals surface area contributed by atoms with Crippen LogP contribution in [0.4, 0.5) is 4.39 Å². The van der Waals surface area contributed by atoms with Gasteiger partial charge in [-0.05, 0) is 42.8 Å². The van der Waals surface area contributed by atoms with Gasteiger partial charge in [0.05, 0.1) is 6.61 Å². The lowest BCUT2D eigenvalue weighted by Crippen LogP contribution is -2.15. The molecule has 0 heterocycles. The second-order valence-electron chi connectivity index (χ2n) is 4.45. The zero-order valence-corrected chi connectivity index (χ0v) is 10.8. The van der Waals surface area contributed by atoms with Crippen molar-refractivity contribution in [2.75, 3.05) is 13.2 Å². The van der Waals surface area contributed by atoms with E-state index >= 15 is 0 Å². The molecule has 0 saturated carbocycles. The van der Waals surface area contributed by atoms with Crippen LogP contribution >= 0.6 is 0 Å². The first-order chi connectivity index (χ1) is 9.29. The van der Waals surface area contributed by atoms with Gasteiger partial charge in [-0.3, -0.25) is 0 Å². The fourth-order valence-electron chi connectivity index (χ4n) is 2.02. The zero-order valence-electron chi connectivity index (χ0n) is 10.8. The van der Waals surface area contributed by atoms with Crippen molar-refractivity contribution in [3.63, 3.8) is 0 Å². The molecule has 19 heavy (non-hydrogen) atoms. The number of hydrogen-bond donors (Lipinski definition) is 1. The van der Waals surface area contributed by atoms with E-state index in [-0.39, 0.29) is 11.7 Å². The number of benzene rings is 2. The van der Waals surface area contributed by atoms with Gasteiger partial charge in [0.1, 0.15) is 11.6 Å². The van der Waals surface area contributed by atoms with E-state index in [9.17, 15) is 4.39 Å². The van der Waals surface area contributed by atoms with Gasteiger partial charge in [0.2, 0.25) is 0 Å². The van der Waals surface area contributed by atoms with Crippen LogP contribution in [-0.2, 0) is 0 Å². The minimum absolute atomic E-state index is 0.112. The Bertz CT molecular complexity index is 501. The maximum absolute atomic E-state index is 13.3. The Kier molecular flexibility index (Phi) is 4.93. The summed E-state index contributed by atoms with van der Waals surface area (Å²) in [6.45, 7) is 1.06. The van der Waals surface area contributed by atoms with Crippen molar-refractivity contribution in [1.29, 1.82) is 0 Å². The smallest absolute Gasteiger partial charge is 0.123 e. The molecule has 0 aromatic heterocycles. The van der Waals surface area contributed by atoms with Crippen molar-refractivity contribution in [2.45, 2.75) is 12.3 Å². The lowest BCUT2D eigenvalue weighted by Gasteiger charge is -2.17. The topological polar surface area (TPSA) is 35.2 Å². The second kappa shape index (κ2) is 6.90. The molecule has 1 unspecified atom stereocenters. The summed E-state index contributed by atoms with van der Waals surface area (Å²) < 4.78 is 19.0. The normalized spacial score (nSPS) is 12.1. The highest BCUT2D eigenvalue weighted by Crippen LogP contribution is 2.21. The fourth-order valence-corrected chi connectivity index (χ4v) is 2.02. The van der Waals surface area contributed by atoms with E-state index in [1.54, 1.807) is 12.1 Å². The van der Waals surface area contributed by atoms with Gasteiger partial charge < -0.3 is 10.5 Å². The van der Waals surface area contributed by atoms with E-state index in [0.717, 1.165) is 17.7 Å². The van der Waals surface area contributed by atoms with Crippen LogP contribution in [0, 0.1) is 5.82 Å². The van der Waals surface area contributed by atoms with Gasteiger partial charge in [-0.15, -0.1) is 0 Å². The molecule has 2 aromatic carbocycles. The van der Waals surface area contributed by atoms with Crippen LogP contribution in [0.5, 0.6) is 5.75 Å². The number of hydrogen-bond acceptors (Lipinski definition) is 2. The Morgan fingerprint density at radius 1 is 1.05 bits per heavy atom. The Labute approximate surface area is 113 Å². The summed E-state index contributed by atoms with van der Waals surface area (Å²) in [5.41, 5.74) is 6.56. The number of ether oxygens (including phenoxy) is 1. The third-order valence-corrected chi connectivity index (χ3v) is 3.03. The average Bonchev–Trinajstić information content (AvgIpc) is 2.44. The molecule has 2 rings (SSSR count). The molecular weight excluding hydrogens is 241 g/mol. The standard InChI is InChI=1S/C16H18FNO/c17-15-6-4-5-13(11-15)14(9-10-18)12-19-16-7-2-1-3-8-16/h1-8,11,14H,9-10,12,18H2. The third kappa shape index (κ3) is 4.07. The minimum atomic E-state index is -0.223. The first-order valence-corrected chi connectivity index (χ1v) is 6.43. The summed E-state index contributed by atoms with van der Waals surface area (Å²) in [5, 5.41) is 0. The molecule has 0 aliphatic rings. The molecule has 0 fully saturated rings. The molecule has 0 saturated heterocycles. The highest BCUT2D eigenvalue weighted by atomic mass is 19.1. The predicted octanol–water partition coefficient (Wildman–Crippen LogP) is 3.34. The molecule has 0 amide bonds. The molecule has 2 aromatic rings. The van der Waals surface area contributed by atoms with E-state index in [0.29, 0.717) is 13.2 Å². The zero-order chi connectivity index (χ0) is 13.5. The van der Waals surface area contributed by atoms with Gasteiger partial charge in [-0.2, -0.15) is 0 Å². The van der Waals surface area contributed by atoms with Crippen molar-refractivity contribution in [2.24, 2.45) is 5.73 Å². The van der Waals surface area contributed by atoms with Gasteiger partial charge in [-0.25, -0.2) is 4.39 Å². The largest absolute Gasteiger partial charge is 0.493 e. The van der Waals surface area contributed by atoms with Crippen LogP contribution in [0.15, 0.2) is 54.6 Å². The quantitative estimate of drug-likeness (QED) is 0.863. The maximum Gasteiger partial charge on any atom is 0.123 e. The summed E-state index contributed by atoms with van der Waals surface area (Å²) in [5.74, 6) is 0.709. The monoisotopic (exact) mass is 259 g/mol. The lowest BCUT2D eigenvalue weighted by molar-refractivity contribution is 0.282. The fraction of sp³-hybridized carbons (Fsp3) is 0.250. The molecule has 100 valence electrons. The van der Waals surface area contributed by atoms with Gasteiger partial charge in [0, 0.05) is 5.92 Å². The molecule has 2 N–H and O–H groups in total. The van der Waals surface area contributed by atoms with Gasteiger partial charge >= 0.3 is 0 Å². The van der Waals surface area contributed by atoms with E-state index < -0.39 is 0 Å². The highest BCUT2D eigenvalue weighted by Gasteiger charge is 2.12. The Balaban J connectivity index is 2.04. The summed E-state index contributed by atoms with van der Waals surface area (Å²) >= 11 is 0. The molecule has 1 atom stereocenters. The Morgan fingerprint density at radius 2 is 1.84 bits per heavy atom. The van der Waals surface area contributed by atoms with Gasteiger partial charge in [0.15, 0.2) is 0 Å². The van der Waals surface area contributed by atoms with Crippen molar-refractivity contribution < 1.29 is 9.13 Å². The predicted molar refractivity (Wildman–Crippen MR) is 74.7 cm³/mol. The first-order valence-electron chi connectivity index (χ1n) is 6.43. The summed E-state index contributed by atoms with van der Waals surface area (Å²) in [7, 11) is 0. The first kappa shape index (κ1) is 13.6. The number of rotatable bonds is 6. The van der Waals surface area contributed by atoms with Crippen LogP contribution < -0.4 is 10.5 Å². The molecule has 2 nitrogen and oxygen atoms in total. The molecule has 0 spiro atoms. The molecule has 3 heteroatoms. The van der Waals surface area contributed by atoms with Crippen molar-refractivity contribution in [3.8, 4) is 5.75 Å². The Morgan fingerprint density at radius 3 is 2.53 bits per heavy atom. The molecule has 0 radical (unpaired) electrons. The molecule has 0 bridgehead atoms. The maximum atomic E-state index is 13.3. The molecular formula is C16H18FNO. The van der Waals surface area contributed by atoms with Crippen LogP contribution in [0.1, 0.15) is 17.9 Å².